The van der Waals surface area contributed by atoms with Gasteiger partial charge in [-0.2, -0.15) is 0 Å². The van der Waals surface area contributed by atoms with E-state index in [1.807, 2.05) is 42.5 Å². The summed E-state index contributed by atoms with van der Waals surface area (Å²) in [6.45, 7) is 0.521. The molecular weight excluding hydrogens is 356 g/mol. The van der Waals surface area contributed by atoms with Crippen molar-refractivity contribution in [1.29, 1.82) is 0 Å². The Morgan fingerprint density at radius 2 is 1.82 bits per heavy atom. The molecule has 0 unspecified atom stereocenters. The zero-order valence-corrected chi connectivity index (χ0v) is 16.1. The van der Waals surface area contributed by atoms with Gasteiger partial charge in [-0.15, -0.1) is 0 Å². The SMILES string of the molecule is COc1ccc2cc(CCC(=O)NCCc3ccccc3OC)c(=O)[nH]c2c1. The number of nitrogens with one attached hydrogen (secondary N) is 2. The lowest BCUT2D eigenvalue weighted by molar-refractivity contribution is -0.121. The molecule has 146 valence electrons. The molecule has 1 amide bonds. The summed E-state index contributed by atoms with van der Waals surface area (Å²) in [6, 6.07) is 15.1. The van der Waals surface area contributed by atoms with Crippen molar-refractivity contribution in [3.05, 3.63) is 70.0 Å². The molecule has 0 bridgehead atoms. The Morgan fingerprint density at radius 3 is 2.61 bits per heavy atom. The highest BCUT2D eigenvalue weighted by Gasteiger charge is 2.08. The highest BCUT2D eigenvalue weighted by Crippen LogP contribution is 2.19. The van der Waals surface area contributed by atoms with E-state index < -0.39 is 0 Å². The fourth-order valence-electron chi connectivity index (χ4n) is 3.12. The maximum absolute atomic E-state index is 12.3. The van der Waals surface area contributed by atoms with Crippen molar-refractivity contribution in [1.82, 2.24) is 10.3 Å². The highest BCUT2D eigenvalue weighted by molar-refractivity contribution is 5.81. The molecule has 0 aliphatic rings. The maximum Gasteiger partial charge on any atom is 0.251 e. The Kier molecular flexibility index (Phi) is 6.32. The average molecular weight is 380 g/mol. The van der Waals surface area contributed by atoms with Gasteiger partial charge in [0.25, 0.3) is 5.56 Å². The number of fused-ring (bicyclic) bond motifs is 1. The minimum absolute atomic E-state index is 0.0795. The molecule has 1 heterocycles. The molecule has 2 N–H and O–H groups in total. The van der Waals surface area contributed by atoms with Crippen molar-refractivity contribution in [3.8, 4) is 11.5 Å². The third kappa shape index (κ3) is 4.71. The summed E-state index contributed by atoms with van der Waals surface area (Å²) < 4.78 is 10.5. The highest BCUT2D eigenvalue weighted by atomic mass is 16.5. The quantitative estimate of drug-likeness (QED) is 0.630. The van der Waals surface area contributed by atoms with Gasteiger partial charge in [0.05, 0.1) is 19.7 Å². The molecule has 0 aliphatic carbocycles. The van der Waals surface area contributed by atoms with Crippen LogP contribution in [0.15, 0.2) is 53.3 Å². The number of aromatic amines is 1. The zero-order chi connectivity index (χ0) is 19.9. The number of para-hydroxylation sites is 1. The number of benzene rings is 2. The number of rotatable bonds is 8. The van der Waals surface area contributed by atoms with Gasteiger partial charge in [0, 0.05) is 24.6 Å². The number of carbonyl (C=O) groups is 1. The fraction of sp³-hybridized carbons (Fsp3) is 0.273. The number of pyridine rings is 1. The number of hydrogen-bond acceptors (Lipinski definition) is 4. The second kappa shape index (κ2) is 9.08. The molecule has 0 radical (unpaired) electrons. The second-order valence-corrected chi connectivity index (χ2v) is 6.49. The van der Waals surface area contributed by atoms with E-state index in [9.17, 15) is 9.59 Å². The summed E-state index contributed by atoms with van der Waals surface area (Å²) in [5, 5.41) is 3.81. The van der Waals surface area contributed by atoms with Gasteiger partial charge in [0.1, 0.15) is 11.5 Å². The maximum atomic E-state index is 12.3. The molecule has 3 aromatic rings. The number of H-pyrrole nitrogens is 1. The molecule has 0 atom stereocenters. The Bertz CT molecular complexity index is 1030. The summed E-state index contributed by atoms with van der Waals surface area (Å²) in [5.41, 5.74) is 2.18. The minimum atomic E-state index is -0.178. The van der Waals surface area contributed by atoms with Gasteiger partial charge in [-0.1, -0.05) is 18.2 Å². The summed E-state index contributed by atoms with van der Waals surface area (Å²) in [5.74, 6) is 1.42. The Balaban J connectivity index is 1.55. The standard InChI is InChI=1S/C22H24N2O4/c1-27-18-9-7-16-13-17(22(26)24-19(16)14-18)8-10-21(25)23-12-11-15-5-3-4-6-20(15)28-2/h3-7,9,13-14H,8,10-12H2,1-2H3,(H,23,25)(H,24,26). The first-order chi connectivity index (χ1) is 13.6. The number of aryl methyl sites for hydroxylation is 1. The number of amides is 1. The molecular formula is C22H24N2O4. The number of carbonyl (C=O) groups excluding carboxylic acids is 1. The van der Waals surface area contributed by atoms with Crippen molar-refractivity contribution in [3.63, 3.8) is 0 Å². The fourth-order valence-corrected chi connectivity index (χ4v) is 3.12. The smallest absolute Gasteiger partial charge is 0.251 e. The molecule has 28 heavy (non-hydrogen) atoms. The predicted octanol–water partition coefficient (Wildman–Crippen LogP) is 2.84. The van der Waals surface area contributed by atoms with Crippen LogP contribution in [-0.2, 0) is 17.6 Å². The lowest BCUT2D eigenvalue weighted by Gasteiger charge is -2.09. The van der Waals surface area contributed by atoms with E-state index in [0.717, 1.165) is 16.7 Å². The first kappa shape index (κ1) is 19.5. The lowest BCUT2D eigenvalue weighted by Crippen LogP contribution is -2.26. The van der Waals surface area contributed by atoms with Crippen molar-refractivity contribution in [2.45, 2.75) is 19.3 Å². The van der Waals surface area contributed by atoms with Gasteiger partial charge in [0.15, 0.2) is 0 Å². The number of hydrogen-bond donors (Lipinski definition) is 2. The van der Waals surface area contributed by atoms with Gasteiger partial charge in [-0.25, -0.2) is 0 Å². The Labute approximate surface area is 163 Å². The Hall–Kier alpha value is -3.28. The van der Waals surface area contributed by atoms with Crippen molar-refractivity contribution < 1.29 is 14.3 Å². The minimum Gasteiger partial charge on any atom is -0.497 e. The van der Waals surface area contributed by atoms with Crippen LogP contribution in [-0.4, -0.2) is 31.7 Å². The monoisotopic (exact) mass is 380 g/mol. The second-order valence-electron chi connectivity index (χ2n) is 6.49. The van der Waals surface area contributed by atoms with Gasteiger partial charge in [-0.05, 0) is 48.1 Å². The van der Waals surface area contributed by atoms with Gasteiger partial charge < -0.3 is 19.8 Å². The topological polar surface area (TPSA) is 80.4 Å². The summed E-state index contributed by atoms with van der Waals surface area (Å²) in [6.07, 6.45) is 1.34. The van der Waals surface area contributed by atoms with Crippen LogP contribution < -0.4 is 20.3 Å². The molecule has 1 aromatic heterocycles. The van der Waals surface area contributed by atoms with E-state index in [0.29, 0.717) is 36.2 Å². The molecule has 0 aliphatic heterocycles. The molecule has 6 nitrogen and oxygen atoms in total. The average Bonchev–Trinajstić information content (AvgIpc) is 2.72. The normalized spacial score (nSPS) is 10.6. The van der Waals surface area contributed by atoms with Crippen LogP contribution in [0.1, 0.15) is 17.5 Å². The van der Waals surface area contributed by atoms with Crippen LogP contribution in [0.3, 0.4) is 0 Å². The van der Waals surface area contributed by atoms with E-state index in [4.69, 9.17) is 9.47 Å². The molecule has 0 spiro atoms. The van der Waals surface area contributed by atoms with Crippen LogP contribution in [0.2, 0.25) is 0 Å². The van der Waals surface area contributed by atoms with Crippen LogP contribution in [0.4, 0.5) is 0 Å². The molecule has 6 heteroatoms. The van der Waals surface area contributed by atoms with E-state index in [2.05, 4.69) is 10.3 Å². The largest absolute Gasteiger partial charge is 0.497 e. The van der Waals surface area contributed by atoms with Crippen LogP contribution in [0, 0.1) is 0 Å². The lowest BCUT2D eigenvalue weighted by atomic mass is 10.1. The summed E-state index contributed by atoms with van der Waals surface area (Å²) >= 11 is 0. The Morgan fingerprint density at radius 1 is 1.00 bits per heavy atom. The number of aromatic nitrogens is 1. The first-order valence-electron chi connectivity index (χ1n) is 9.19. The van der Waals surface area contributed by atoms with Crippen LogP contribution in [0.5, 0.6) is 11.5 Å². The number of ether oxygens (including phenoxy) is 2. The predicted molar refractivity (Wildman–Crippen MR) is 109 cm³/mol. The first-order valence-corrected chi connectivity index (χ1v) is 9.19. The molecule has 0 fully saturated rings. The van der Waals surface area contributed by atoms with Crippen molar-refractivity contribution in [2.24, 2.45) is 0 Å². The zero-order valence-electron chi connectivity index (χ0n) is 16.1. The van der Waals surface area contributed by atoms with E-state index >= 15 is 0 Å². The van der Waals surface area contributed by atoms with Crippen LogP contribution in [0.25, 0.3) is 10.9 Å². The van der Waals surface area contributed by atoms with Crippen molar-refractivity contribution in [2.75, 3.05) is 20.8 Å². The van der Waals surface area contributed by atoms with E-state index in [-0.39, 0.29) is 17.9 Å². The van der Waals surface area contributed by atoms with Gasteiger partial charge in [0.2, 0.25) is 5.91 Å². The third-order valence-corrected chi connectivity index (χ3v) is 4.66. The van der Waals surface area contributed by atoms with E-state index in [1.165, 1.54) is 0 Å². The van der Waals surface area contributed by atoms with Crippen LogP contribution >= 0.6 is 0 Å². The van der Waals surface area contributed by atoms with E-state index in [1.54, 1.807) is 20.3 Å². The number of methoxy groups -OCH3 is 2. The molecule has 0 saturated heterocycles. The summed E-state index contributed by atoms with van der Waals surface area (Å²) in [7, 11) is 3.22. The third-order valence-electron chi connectivity index (χ3n) is 4.66. The van der Waals surface area contributed by atoms with Crippen molar-refractivity contribution >= 4 is 16.8 Å². The molecule has 3 rings (SSSR count). The van der Waals surface area contributed by atoms with Gasteiger partial charge >= 0.3 is 0 Å². The molecule has 0 saturated carbocycles. The summed E-state index contributed by atoms with van der Waals surface area (Å²) in [4.78, 5) is 27.3. The van der Waals surface area contributed by atoms with Gasteiger partial charge in [-0.3, -0.25) is 9.59 Å². The molecule has 2 aromatic carbocycles.